The fourth-order valence-corrected chi connectivity index (χ4v) is 2.68. The zero-order chi connectivity index (χ0) is 17.4. The summed E-state index contributed by atoms with van der Waals surface area (Å²) in [5.41, 5.74) is 7.89. The zero-order valence-corrected chi connectivity index (χ0v) is 14.9. The van der Waals surface area contributed by atoms with E-state index in [9.17, 15) is 4.79 Å². The normalized spacial score (nSPS) is 12.2. The molecule has 0 aromatic carbocycles. The lowest BCUT2D eigenvalue weighted by Gasteiger charge is -2.29. The quantitative estimate of drug-likeness (QED) is 0.918. The summed E-state index contributed by atoms with van der Waals surface area (Å²) >= 11 is 0. The van der Waals surface area contributed by atoms with Gasteiger partial charge in [0.05, 0.1) is 17.1 Å². The summed E-state index contributed by atoms with van der Waals surface area (Å²) in [4.78, 5) is 19.2. The fraction of sp³-hybridized carbons (Fsp3) is 0.588. The molecular formula is C17H27N5O. The van der Waals surface area contributed by atoms with E-state index >= 15 is 0 Å². The first-order valence-electron chi connectivity index (χ1n) is 7.96. The molecule has 0 saturated carbocycles. The van der Waals surface area contributed by atoms with Crippen LogP contribution in [0.1, 0.15) is 49.8 Å². The number of aryl methyl sites for hydroxylation is 1. The number of carbonyl (C=O) groups excluding carboxylic acids is 1. The molecule has 0 fully saturated rings. The number of hydrogen-bond acceptors (Lipinski definition) is 4. The summed E-state index contributed by atoms with van der Waals surface area (Å²) in [6, 6.07) is 2.03. The number of nitrogens with zero attached hydrogens (tertiary/aromatic N) is 4. The van der Waals surface area contributed by atoms with Crippen LogP contribution < -0.4 is 5.73 Å². The van der Waals surface area contributed by atoms with Crippen LogP contribution in [0.5, 0.6) is 0 Å². The molecule has 23 heavy (non-hydrogen) atoms. The van der Waals surface area contributed by atoms with Crippen molar-refractivity contribution in [3.8, 4) is 0 Å². The van der Waals surface area contributed by atoms with Crippen molar-refractivity contribution in [2.75, 3.05) is 20.1 Å². The van der Waals surface area contributed by atoms with E-state index < -0.39 is 0 Å². The molecular weight excluding hydrogens is 290 g/mol. The molecule has 2 aromatic rings. The van der Waals surface area contributed by atoms with Crippen molar-refractivity contribution in [2.24, 2.45) is 11.1 Å². The van der Waals surface area contributed by atoms with Gasteiger partial charge in [-0.3, -0.25) is 4.79 Å². The molecule has 0 bridgehead atoms. The van der Waals surface area contributed by atoms with Crippen LogP contribution >= 0.6 is 0 Å². The molecule has 0 unspecified atom stereocenters. The minimum absolute atomic E-state index is 0.0228. The van der Waals surface area contributed by atoms with Gasteiger partial charge in [-0.25, -0.2) is 9.67 Å². The standard InChI is InChI=1S/C17H27N5O/c1-11(2)22-15-14(8-19-22)13(7-12(3)20-15)16(23)21(6)10-17(4,5)9-18/h7-8,11H,9-10,18H2,1-6H3. The van der Waals surface area contributed by atoms with Crippen molar-refractivity contribution in [3.05, 3.63) is 23.5 Å². The molecule has 0 aliphatic rings. The maximum atomic E-state index is 12.9. The van der Waals surface area contributed by atoms with Gasteiger partial charge in [0.2, 0.25) is 0 Å². The fourth-order valence-electron chi connectivity index (χ4n) is 2.68. The Hall–Kier alpha value is -1.95. The molecule has 2 aromatic heterocycles. The van der Waals surface area contributed by atoms with Crippen LogP contribution in [0.3, 0.4) is 0 Å². The van der Waals surface area contributed by atoms with Crippen molar-refractivity contribution >= 4 is 16.9 Å². The lowest BCUT2D eigenvalue weighted by molar-refractivity contribution is 0.0742. The van der Waals surface area contributed by atoms with E-state index in [2.05, 4.69) is 23.9 Å². The molecule has 6 heteroatoms. The number of rotatable bonds is 5. The van der Waals surface area contributed by atoms with Crippen molar-refractivity contribution in [1.29, 1.82) is 0 Å². The van der Waals surface area contributed by atoms with E-state index in [4.69, 9.17) is 5.73 Å². The molecule has 2 rings (SSSR count). The summed E-state index contributed by atoms with van der Waals surface area (Å²) in [5.74, 6) is -0.0228. The average molecular weight is 317 g/mol. The Bertz CT molecular complexity index is 717. The number of hydrogen-bond donors (Lipinski definition) is 1. The van der Waals surface area contributed by atoms with Crippen LogP contribution in [-0.4, -0.2) is 45.7 Å². The zero-order valence-electron chi connectivity index (χ0n) is 14.9. The molecule has 126 valence electrons. The SMILES string of the molecule is Cc1cc(C(=O)N(C)CC(C)(C)CN)c2cnn(C(C)C)c2n1. The molecule has 0 radical (unpaired) electrons. The first kappa shape index (κ1) is 17.4. The molecule has 0 aliphatic heterocycles. The highest BCUT2D eigenvalue weighted by atomic mass is 16.2. The predicted molar refractivity (Wildman–Crippen MR) is 92.4 cm³/mol. The maximum Gasteiger partial charge on any atom is 0.254 e. The minimum atomic E-state index is -0.117. The summed E-state index contributed by atoms with van der Waals surface area (Å²) in [6.45, 7) is 11.2. The number of pyridine rings is 1. The maximum absolute atomic E-state index is 12.9. The Morgan fingerprint density at radius 3 is 2.65 bits per heavy atom. The van der Waals surface area contributed by atoms with Crippen molar-refractivity contribution in [2.45, 2.75) is 40.7 Å². The highest BCUT2D eigenvalue weighted by Crippen LogP contribution is 2.23. The molecule has 6 nitrogen and oxygen atoms in total. The van der Waals surface area contributed by atoms with Crippen molar-refractivity contribution in [1.82, 2.24) is 19.7 Å². The van der Waals surface area contributed by atoms with Gasteiger partial charge in [-0.2, -0.15) is 5.10 Å². The Kier molecular flexibility index (Phi) is 4.75. The second kappa shape index (κ2) is 6.28. The smallest absolute Gasteiger partial charge is 0.254 e. The van der Waals surface area contributed by atoms with Gasteiger partial charge >= 0.3 is 0 Å². The van der Waals surface area contributed by atoms with Gasteiger partial charge in [0.25, 0.3) is 5.91 Å². The molecule has 1 amide bonds. The average Bonchev–Trinajstić information content (AvgIpc) is 2.88. The van der Waals surface area contributed by atoms with E-state index in [1.807, 2.05) is 38.6 Å². The second-order valence-corrected chi connectivity index (χ2v) is 7.26. The van der Waals surface area contributed by atoms with Gasteiger partial charge in [0, 0.05) is 25.3 Å². The lowest BCUT2D eigenvalue weighted by atomic mass is 9.93. The van der Waals surface area contributed by atoms with E-state index in [-0.39, 0.29) is 17.4 Å². The molecule has 2 heterocycles. The van der Waals surface area contributed by atoms with Gasteiger partial charge < -0.3 is 10.6 Å². The second-order valence-electron chi connectivity index (χ2n) is 7.26. The van der Waals surface area contributed by atoms with Crippen LogP contribution in [0.2, 0.25) is 0 Å². The Morgan fingerprint density at radius 2 is 2.09 bits per heavy atom. The van der Waals surface area contributed by atoms with E-state index in [0.717, 1.165) is 16.7 Å². The monoisotopic (exact) mass is 317 g/mol. The minimum Gasteiger partial charge on any atom is -0.341 e. The number of aromatic nitrogens is 3. The largest absolute Gasteiger partial charge is 0.341 e. The third kappa shape index (κ3) is 3.52. The van der Waals surface area contributed by atoms with Crippen LogP contribution in [0.25, 0.3) is 11.0 Å². The molecule has 2 N–H and O–H groups in total. The van der Waals surface area contributed by atoms with Crippen LogP contribution in [0.15, 0.2) is 12.3 Å². The lowest BCUT2D eigenvalue weighted by Crippen LogP contribution is -2.39. The summed E-state index contributed by atoms with van der Waals surface area (Å²) in [6.07, 6.45) is 1.73. The third-order valence-corrected chi connectivity index (χ3v) is 3.98. The van der Waals surface area contributed by atoms with Crippen molar-refractivity contribution in [3.63, 3.8) is 0 Å². The number of fused-ring (bicyclic) bond motifs is 1. The third-order valence-electron chi connectivity index (χ3n) is 3.98. The van der Waals surface area contributed by atoms with Gasteiger partial charge in [0.1, 0.15) is 0 Å². The Morgan fingerprint density at radius 1 is 1.43 bits per heavy atom. The number of amides is 1. The van der Waals surface area contributed by atoms with Gasteiger partial charge in [-0.1, -0.05) is 13.8 Å². The summed E-state index contributed by atoms with van der Waals surface area (Å²) < 4.78 is 1.85. The Balaban J connectivity index is 2.45. The van der Waals surface area contributed by atoms with Gasteiger partial charge in [-0.05, 0) is 38.8 Å². The first-order valence-corrected chi connectivity index (χ1v) is 7.96. The van der Waals surface area contributed by atoms with Crippen LogP contribution in [0, 0.1) is 12.3 Å². The highest BCUT2D eigenvalue weighted by Gasteiger charge is 2.24. The molecule has 0 saturated heterocycles. The Labute approximate surface area is 137 Å². The van der Waals surface area contributed by atoms with E-state index in [0.29, 0.717) is 18.7 Å². The number of nitrogens with two attached hydrogens (primary N) is 1. The van der Waals surface area contributed by atoms with Crippen molar-refractivity contribution < 1.29 is 4.79 Å². The predicted octanol–water partition coefficient (Wildman–Crippen LogP) is 2.38. The first-order chi connectivity index (χ1) is 10.7. The van der Waals surface area contributed by atoms with Crippen LogP contribution in [-0.2, 0) is 0 Å². The molecule has 0 aliphatic carbocycles. The molecule has 0 atom stereocenters. The molecule has 0 spiro atoms. The highest BCUT2D eigenvalue weighted by molar-refractivity contribution is 6.05. The van der Waals surface area contributed by atoms with Gasteiger partial charge in [-0.15, -0.1) is 0 Å². The summed E-state index contributed by atoms with van der Waals surface area (Å²) in [5, 5.41) is 5.19. The summed E-state index contributed by atoms with van der Waals surface area (Å²) in [7, 11) is 1.81. The van der Waals surface area contributed by atoms with E-state index in [1.165, 1.54) is 0 Å². The van der Waals surface area contributed by atoms with Crippen LogP contribution in [0.4, 0.5) is 0 Å². The topological polar surface area (TPSA) is 77.0 Å². The number of carbonyl (C=O) groups is 1. The van der Waals surface area contributed by atoms with E-state index in [1.54, 1.807) is 11.1 Å². The van der Waals surface area contributed by atoms with Gasteiger partial charge in [0.15, 0.2) is 5.65 Å².